The number of rotatable bonds is 5. The first kappa shape index (κ1) is 17.1. The van der Waals surface area contributed by atoms with Crippen LogP contribution >= 0.6 is 0 Å². The Kier molecular flexibility index (Phi) is 4.83. The van der Waals surface area contributed by atoms with Crippen LogP contribution in [0.25, 0.3) is 10.8 Å². The normalized spacial score (nSPS) is 16.5. The molecule has 0 bridgehead atoms. The molecule has 1 saturated carbocycles. The number of carboxylic acids is 1. The minimum Gasteiger partial charge on any atom is -0.481 e. The van der Waals surface area contributed by atoms with E-state index in [2.05, 4.69) is 10.4 Å². The zero-order chi connectivity index (χ0) is 17.9. The molecule has 2 N–H and O–H groups in total. The number of benzene rings is 1. The molecule has 1 amide bonds. The fourth-order valence-electron chi connectivity index (χ4n) is 3.39. The number of hydrogen-bond donors (Lipinski definition) is 2. The predicted octanol–water partition coefficient (Wildman–Crippen LogP) is 1.55. The van der Waals surface area contributed by atoms with E-state index in [9.17, 15) is 19.5 Å². The van der Waals surface area contributed by atoms with Crippen LogP contribution in [-0.2, 0) is 16.1 Å². The number of hydrogen-bond acceptors (Lipinski definition) is 4. The molecule has 0 atom stereocenters. The Hall–Kier alpha value is -2.70. The average molecular weight is 343 g/mol. The zero-order valence-electron chi connectivity index (χ0n) is 13.9. The highest BCUT2D eigenvalue weighted by Crippen LogP contribution is 2.35. The van der Waals surface area contributed by atoms with E-state index in [1.165, 1.54) is 0 Å². The van der Waals surface area contributed by atoms with Gasteiger partial charge in [-0.1, -0.05) is 37.5 Å². The third-order valence-corrected chi connectivity index (χ3v) is 4.94. The van der Waals surface area contributed by atoms with Gasteiger partial charge in [0.25, 0.3) is 5.56 Å². The Bertz CT molecular complexity index is 853. The summed E-state index contributed by atoms with van der Waals surface area (Å²) in [6.07, 6.45) is 5.42. The minimum absolute atomic E-state index is 0.0868. The first-order valence-corrected chi connectivity index (χ1v) is 8.47. The summed E-state index contributed by atoms with van der Waals surface area (Å²) in [5, 5.41) is 17.5. The van der Waals surface area contributed by atoms with Crippen molar-refractivity contribution in [3.05, 3.63) is 40.8 Å². The van der Waals surface area contributed by atoms with Crippen molar-refractivity contribution in [2.24, 2.45) is 5.41 Å². The van der Waals surface area contributed by atoms with Gasteiger partial charge in [0.1, 0.15) is 6.54 Å². The number of nitrogens with one attached hydrogen (secondary N) is 1. The van der Waals surface area contributed by atoms with Crippen molar-refractivity contribution in [3.8, 4) is 0 Å². The molecule has 1 heterocycles. The molecule has 25 heavy (non-hydrogen) atoms. The second-order valence-electron chi connectivity index (χ2n) is 6.62. The number of aromatic nitrogens is 2. The summed E-state index contributed by atoms with van der Waals surface area (Å²) in [7, 11) is 0. The molecule has 0 spiro atoms. The van der Waals surface area contributed by atoms with Crippen molar-refractivity contribution in [3.63, 3.8) is 0 Å². The van der Waals surface area contributed by atoms with Crippen LogP contribution in [0.4, 0.5) is 0 Å². The maximum atomic E-state index is 12.4. The minimum atomic E-state index is -0.893. The van der Waals surface area contributed by atoms with E-state index in [-0.39, 0.29) is 18.6 Å². The molecule has 7 nitrogen and oxygen atoms in total. The molecule has 0 unspecified atom stereocenters. The highest BCUT2D eigenvalue weighted by Gasteiger charge is 2.39. The number of carboxylic acid groups (broad SMARTS) is 1. The summed E-state index contributed by atoms with van der Waals surface area (Å²) in [6, 6.07) is 7.05. The number of fused-ring (bicyclic) bond motifs is 1. The summed E-state index contributed by atoms with van der Waals surface area (Å²) < 4.78 is 1.10. The molecule has 3 rings (SSSR count). The quantitative estimate of drug-likeness (QED) is 0.858. The van der Waals surface area contributed by atoms with Crippen molar-refractivity contribution in [1.29, 1.82) is 0 Å². The van der Waals surface area contributed by atoms with E-state index < -0.39 is 17.3 Å². The van der Waals surface area contributed by atoms with Gasteiger partial charge in [-0.2, -0.15) is 5.10 Å². The van der Waals surface area contributed by atoms with Crippen LogP contribution in [0, 0.1) is 5.41 Å². The molecule has 0 radical (unpaired) electrons. The average Bonchev–Trinajstić information content (AvgIpc) is 2.63. The Balaban J connectivity index is 1.69. The van der Waals surface area contributed by atoms with E-state index in [4.69, 9.17) is 0 Å². The van der Waals surface area contributed by atoms with E-state index in [1.807, 2.05) is 6.07 Å². The molecule has 1 fully saturated rings. The molecule has 7 heteroatoms. The number of carbonyl (C=O) groups is 2. The Labute approximate surface area is 144 Å². The first-order valence-electron chi connectivity index (χ1n) is 8.47. The van der Waals surface area contributed by atoms with Crippen molar-refractivity contribution in [2.75, 3.05) is 6.54 Å². The third-order valence-electron chi connectivity index (χ3n) is 4.94. The lowest BCUT2D eigenvalue weighted by Gasteiger charge is -2.33. The summed E-state index contributed by atoms with van der Waals surface area (Å²) in [5.74, 6) is -1.27. The smallest absolute Gasteiger partial charge is 0.311 e. The first-order chi connectivity index (χ1) is 12.0. The predicted molar refractivity (Wildman–Crippen MR) is 92.2 cm³/mol. The highest BCUT2D eigenvalue weighted by molar-refractivity contribution is 5.81. The molecule has 1 aromatic carbocycles. The number of amides is 1. The second-order valence-corrected chi connectivity index (χ2v) is 6.62. The molecule has 132 valence electrons. The van der Waals surface area contributed by atoms with Gasteiger partial charge in [-0.25, -0.2) is 4.68 Å². The van der Waals surface area contributed by atoms with Crippen molar-refractivity contribution < 1.29 is 14.7 Å². The molecule has 0 saturated heterocycles. The Morgan fingerprint density at radius 1 is 1.20 bits per heavy atom. The van der Waals surface area contributed by atoms with Gasteiger partial charge < -0.3 is 10.4 Å². The molecular weight excluding hydrogens is 322 g/mol. The van der Waals surface area contributed by atoms with Gasteiger partial charge >= 0.3 is 5.97 Å². The molecule has 1 aliphatic carbocycles. The lowest BCUT2D eigenvalue weighted by molar-refractivity contribution is -0.151. The van der Waals surface area contributed by atoms with Gasteiger partial charge in [0, 0.05) is 11.9 Å². The molecule has 2 aromatic rings. The van der Waals surface area contributed by atoms with Crippen LogP contribution < -0.4 is 10.9 Å². The fourth-order valence-corrected chi connectivity index (χ4v) is 3.39. The number of aliphatic carboxylic acids is 1. The highest BCUT2D eigenvalue weighted by atomic mass is 16.4. The van der Waals surface area contributed by atoms with Crippen LogP contribution in [0.1, 0.15) is 32.1 Å². The maximum absolute atomic E-state index is 12.4. The van der Waals surface area contributed by atoms with Gasteiger partial charge in [-0.15, -0.1) is 0 Å². The van der Waals surface area contributed by atoms with Crippen LogP contribution in [0.2, 0.25) is 0 Å². The van der Waals surface area contributed by atoms with Crippen LogP contribution in [0.15, 0.2) is 35.3 Å². The molecule has 0 aliphatic heterocycles. The van der Waals surface area contributed by atoms with Crippen molar-refractivity contribution >= 4 is 22.6 Å². The maximum Gasteiger partial charge on any atom is 0.311 e. The summed E-state index contributed by atoms with van der Waals surface area (Å²) in [5.41, 5.74) is -1.23. The number of nitrogens with zero attached hydrogens (tertiary/aromatic N) is 2. The standard InChI is InChI=1S/C18H21N3O4/c22-15(19-12-18(17(24)25)8-4-1-5-9-18)11-21-16(23)14-7-3-2-6-13(14)10-20-21/h2-3,6-7,10H,1,4-5,8-9,11-12H2,(H,19,22)(H,24,25). The zero-order valence-corrected chi connectivity index (χ0v) is 13.9. The van der Waals surface area contributed by atoms with Gasteiger partial charge in [0.15, 0.2) is 0 Å². The number of carbonyl (C=O) groups excluding carboxylic acids is 1. The van der Waals surface area contributed by atoms with E-state index in [0.717, 1.165) is 29.3 Å². The lowest BCUT2D eigenvalue weighted by Crippen LogP contribution is -2.45. The van der Waals surface area contributed by atoms with Gasteiger partial charge in [-0.05, 0) is 18.9 Å². The van der Waals surface area contributed by atoms with Crippen molar-refractivity contribution in [1.82, 2.24) is 15.1 Å². The van der Waals surface area contributed by atoms with Gasteiger partial charge in [0.05, 0.1) is 17.0 Å². The molecular formula is C18H21N3O4. The topological polar surface area (TPSA) is 101 Å². The molecule has 1 aliphatic rings. The van der Waals surface area contributed by atoms with Gasteiger partial charge in [-0.3, -0.25) is 14.4 Å². The lowest BCUT2D eigenvalue weighted by atomic mass is 9.74. The third kappa shape index (κ3) is 3.55. The van der Waals surface area contributed by atoms with E-state index in [0.29, 0.717) is 18.2 Å². The van der Waals surface area contributed by atoms with Crippen molar-refractivity contribution in [2.45, 2.75) is 38.6 Å². The van der Waals surface area contributed by atoms with Crippen LogP contribution in [-0.4, -0.2) is 33.3 Å². The summed E-state index contributed by atoms with van der Waals surface area (Å²) in [4.78, 5) is 36.2. The molecule has 1 aromatic heterocycles. The summed E-state index contributed by atoms with van der Waals surface area (Å²) >= 11 is 0. The SMILES string of the molecule is O=C(Cn1ncc2ccccc2c1=O)NCC1(C(=O)O)CCCCC1. The largest absolute Gasteiger partial charge is 0.481 e. The summed E-state index contributed by atoms with van der Waals surface area (Å²) in [6.45, 7) is -0.136. The fraction of sp³-hybridized carbons (Fsp3) is 0.444. The van der Waals surface area contributed by atoms with Crippen LogP contribution in [0.5, 0.6) is 0 Å². The van der Waals surface area contributed by atoms with Crippen LogP contribution in [0.3, 0.4) is 0 Å². The Morgan fingerprint density at radius 2 is 1.92 bits per heavy atom. The van der Waals surface area contributed by atoms with E-state index >= 15 is 0 Å². The van der Waals surface area contributed by atoms with E-state index in [1.54, 1.807) is 24.4 Å². The Morgan fingerprint density at radius 3 is 2.64 bits per heavy atom. The van der Waals surface area contributed by atoms with Gasteiger partial charge in [0.2, 0.25) is 5.91 Å². The monoisotopic (exact) mass is 343 g/mol. The second kappa shape index (κ2) is 7.04.